The quantitative estimate of drug-likeness (QED) is 0.916. The van der Waals surface area contributed by atoms with Gasteiger partial charge in [0, 0.05) is 4.47 Å². The summed E-state index contributed by atoms with van der Waals surface area (Å²) in [5, 5.41) is 2.42. The maximum Gasteiger partial charge on any atom is 0.407 e. The van der Waals surface area contributed by atoms with Crippen molar-refractivity contribution in [2.24, 2.45) is 0 Å². The Bertz CT molecular complexity index is 381. The smallest absolute Gasteiger partial charge is 0.407 e. The van der Waals surface area contributed by atoms with Crippen LogP contribution < -0.4 is 10.1 Å². The van der Waals surface area contributed by atoms with Crippen LogP contribution in [0.2, 0.25) is 0 Å². The molecule has 0 amide bonds. The average molecular weight is 312 g/mol. The molecule has 1 aromatic carbocycles. The molecule has 0 radical (unpaired) electrons. The van der Waals surface area contributed by atoms with E-state index in [2.05, 4.69) is 21.2 Å². The van der Waals surface area contributed by atoms with Gasteiger partial charge in [-0.05, 0) is 24.2 Å². The van der Waals surface area contributed by atoms with Crippen molar-refractivity contribution < 1.29 is 17.9 Å². The van der Waals surface area contributed by atoms with Gasteiger partial charge in [-0.1, -0.05) is 28.9 Å². The maximum absolute atomic E-state index is 12.8. The van der Waals surface area contributed by atoms with Crippen LogP contribution in [0.15, 0.2) is 22.7 Å². The summed E-state index contributed by atoms with van der Waals surface area (Å²) >= 11 is 3.13. The van der Waals surface area contributed by atoms with E-state index in [4.69, 9.17) is 4.74 Å². The Morgan fingerprint density at radius 2 is 2.06 bits per heavy atom. The number of methoxy groups -OCH3 is 1. The van der Waals surface area contributed by atoms with E-state index in [1.165, 1.54) is 25.3 Å². The summed E-state index contributed by atoms with van der Waals surface area (Å²) in [4.78, 5) is 0. The molecule has 1 N–H and O–H groups in total. The molecule has 1 rings (SSSR count). The number of halogens is 4. The van der Waals surface area contributed by atoms with Gasteiger partial charge in [0.1, 0.15) is 11.8 Å². The summed E-state index contributed by atoms with van der Waals surface area (Å²) in [6.07, 6.45) is -4.33. The summed E-state index contributed by atoms with van der Waals surface area (Å²) in [6, 6.07) is 2.76. The predicted octanol–water partition coefficient (Wildman–Crippen LogP) is 3.67. The van der Waals surface area contributed by atoms with Crippen molar-refractivity contribution in [2.45, 2.75) is 19.1 Å². The molecule has 0 aromatic heterocycles. The highest BCUT2D eigenvalue weighted by atomic mass is 79.9. The SMILES string of the molecule is CCNC(c1ccc(OC)cc1Br)C(F)(F)F. The van der Waals surface area contributed by atoms with E-state index in [0.717, 1.165) is 0 Å². The standard InChI is InChI=1S/C11H13BrF3NO/c1-3-16-10(11(13,14)15)8-5-4-7(17-2)6-9(8)12/h4-6,10,16H,3H2,1-2H3. The molecule has 1 atom stereocenters. The molecule has 6 heteroatoms. The molecule has 1 unspecified atom stereocenters. The van der Waals surface area contributed by atoms with Gasteiger partial charge in [-0.3, -0.25) is 0 Å². The molecule has 0 aliphatic carbocycles. The lowest BCUT2D eigenvalue weighted by Crippen LogP contribution is -2.34. The van der Waals surface area contributed by atoms with Crippen molar-refractivity contribution >= 4 is 15.9 Å². The molecule has 0 aliphatic heterocycles. The van der Waals surface area contributed by atoms with Gasteiger partial charge in [-0.2, -0.15) is 13.2 Å². The van der Waals surface area contributed by atoms with E-state index in [-0.39, 0.29) is 12.1 Å². The minimum absolute atomic E-state index is 0.153. The fourth-order valence-corrected chi connectivity index (χ4v) is 2.06. The lowest BCUT2D eigenvalue weighted by Gasteiger charge is -2.22. The van der Waals surface area contributed by atoms with Crippen molar-refractivity contribution in [1.82, 2.24) is 5.32 Å². The van der Waals surface area contributed by atoms with Crippen LogP contribution in [0.4, 0.5) is 13.2 Å². The van der Waals surface area contributed by atoms with Gasteiger partial charge in [0.05, 0.1) is 7.11 Å². The third-order valence-corrected chi connectivity index (χ3v) is 2.94. The number of hydrogen-bond acceptors (Lipinski definition) is 2. The third-order valence-electron chi connectivity index (χ3n) is 2.25. The summed E-state index contributed by atoms with van der Waals surface area (Å²) in [6.45, 7) is 1.87. The van der Waals surface area contributed by atoms with Crippen LogP contribution >= 0.6 is 15.9 Å². The van der Waals surface area contributed by atoms with Crippen LogP contribution in [0.5, 0.6) is 5.75 Å². The highest BCUT2D eigenvalue weighted by molar-refractivity contribution is 9.10. The molecule has 96 valence electrons. The van der Waals surface area contributed by atoms with E-state index in [1.807, 2.05) is 0 Å². The minimum atomic E-state index is -4.33. The molecule has 0 heterocycles. The fourth-order valence-electron chi connectivity index (χ4n) is 1.48. The monoisotopic (exact) mass is 311 g/mol. The summed E-state index contributed by atoms with van der Waals surface area (Å²) in [7, 11) is 1.47. The highest BCUT2D eigenvalue weighted by Crippen LogP contribution is 2.37. The Balaban J connectivity index is 3.10. The first-order valence-electron chi connectivity index (χ1n) is 5.03. The van der Waals surface area contributed by atoms with Crippen LogP contribution in [-0.4, -0.2) is 19.8 Å². The number of ether oxygens (including phenoxy) is 1. The summed E-state index contributed by atoms with van der Waals surface area (Å²) < 4.78 is 43.8. The molecular formula is C11H13BrF3NO. The van der Waals surface area contributed by atoms with Crippen LogP contribution in [-0.2, 0) is 0 Å². The van der Waals surface area contributed by atoms with E-state index >= 15 is 0 Å². The number of rotatable bonds is 4. The predicted molar refractivity (Wildman–Crippen MR) is 63.2 cm³/mol. The molecule has 0 spiro atoms. The second kappa shape index (κ2) is 5.73. The van der Waals surface area contributed by atoms with Crippen molar-refractivity contribution in [2.75, 3.05) is 13.7 Å². The van der Waals surface area contributed by atoms with Crippen LogP contribution in [0, 0.1) is 0 Å². The maximum atomic E-state index is 12.8. The van der Waals surface area contributed by atoms with E-state index in [1.54, 1.807) is 6.92 Å². The molecule has 0 fully saturated rings. The van der Waals surface area contributed by atoms with Crippen LogP contribution in [0.3, 0.4) is 0 Å². The Morgan fingerprint density at radius 1 is 1.41 bits per heavy atom. The Morgan fingerprint density at radius 3 is 2.47 bits per heavy atom. The number of alkyl halides is 3. The van der Waals surface area contributed by atoms with Gasteiger partial charge >= 0.3 is 6.18 Å². The first-order chi connectivity index (χ1) is 7.90. The summed E-state index contributed by atoms with van der Waals surface area (Å²) in [5.41, 5.74) is 0.153. The second-order valence-corrected chi connectivity index (χ2v) is 4.27. The van der Waals surface area contributed by atoms with Crippen molar-refractivity contribution in [3.05, 3.63) is 28.2 Å². The Kier molecular flexibility index (Phi) is 4.82. The second-order valence-electron chi connectivity index (χ2n) is 3.42. The number of nitrogens with one attached hydrogen (secondary N) is 1. The van der Waals surface area contributed by atoms with E-state index < -0.39 is 12.2 Å². The first kappa shape index (κ1) is 14.3. The Hall–Kier alpha value is -0.750. The zero-order valence-electron chi connectivity index (χ0n) is 9.44. The lowest BCUT2D eigenvalue weighted by molar-refractivity contribution is -0.157. The van der Waals surface area contributed by atoms with Gasteiger partial charge in [-0.25, -0.2) is 0 Å². The fraction of sp³-hybridized carbons (Fsp3) is 0.455. The number of benzene rings is 1. The number of hydrogen-bond donors (Lipinski definition) is 1. The highest BCUT2D eigenvalue weighted by Gasteiger charge is 2.41. The molecule has 2 nitrogen and oxygen atoms in total. The van der Waals surface area contributed by atoms with Crippen LogP contribution in [0.25, 0.3) is 0 Å². The van der Waals surface area contributed by atoms with E-state index in [0.29, 0.717) is 10.2 Å². The van der Waals surface area contributed by atoms with Crippen molar-refractivity contribution in [3.8, 4) is 5.75 Å². The molecule has 0 bridgehead atoms. The van der Waals surface area contributed by atoms with Crippen LogP contribution in [0.1, 0.15) is 18.5 Å². The van der Waals surface area contributed by atoms with Gasteiger partial charge in [-0.15, -0.1) is 0 Å². The molecule has 0 aliphatic rings. The average Bonchev–Trinajstić information content (AvgIpc) is 2.25. The van der Waals surface area contributed by atoms with Crippen molar-refractivity contribution in [1.29, 1.82) is 0 Å². The largest absolute Gasteiger partial charge is 0.497 e. The van der Waals surface area contributed by atoms with Gasteiger partial charge in [0.15, 0.2) is 0 Å². The van der Waals surface area contributed by atoms with E-state index in [9.17, 15) is 13.2 Å². The van der Waals surface area contributed by atoms with Crippen molar-refractivity contribution in [3.63, 3.8) is 0 Å². The molecule has 0 saturated heterocycles. The first-order valence-corrected chi connectivity index (χ1v) is 5.83. The molecule has 1 aromatic rings. The Labute approximate surface area is 106 Å². The lowest BCUT2D eigenvalue weighted by atomic mass is 10.1. The van der Waals surface area contributed by atoms with Gasteiger partial charge in [0.2, 0.25) is 0 Å². The van der Waals surface area contributed by atoms with Gasteiger partial charge < -0.3 is 10.1 Å². The minimum Gasteiger partial charge on any atom is -0.497 e. The zero-order chi connectivity index (χ0) is 13.1. The third kappa shape index (κ3) is 3.61. The molecule has 17 heavy (non-hydrogen) atoms. The topological polar surface area (TPSA) is 21.3 Å². The normalized spacial score (nSPS) is 13.5. The van der Waals surface area contributed by atoms with Gasteiger partial charge in [0.25, 0.3) is 0 Å². The zero-order valence-corrected chi connectivity index (χ0v) is 11.0. The molecule has 0 saturated carbocycles. The molecular weight excluding hydrogens is 299 g/mol. The summed E-state index contributed by atoms with van der Waals surface area (Å²) in [5.74, 6) is 0.512.